The van der Waals surface area contributed by atoms with Gasteiger partial charge in [0, 0.05) is 42.2 Å². The summed E-state index contributed by atoms with van der Waals surface area (Å²) in [4.78, 5) is 7.75. The molecule has 0 spiro atoms. The third-order valence-corrected chi connectivity index (χ3v) is 3.71. The number of nitrogens with two attached hydrogens (primary N) is 1. The zero-order chi connectivity index (χ0) is 16.1. The van der Waals surface area contributed by atoms with E-state index in [2.05, 4.69) is 36.5 Å². The van der Waals surface area contributed by atoms with E-state index in [1.54, 1.807) is 7.05 Å². The molecule has 0 saturated heterocycles. The Morgan fingerprint density at radius 3 is 2.91 bits per heavy atom. The van der Waals surface area contributed by atoms with Crippen molar-refractivity contribution in [3.8, 4) is 0 Å². The molecule has 22 heavy (non-hydrogen) atoms. The number of fused-ring (bicyclic) bond motifs is 1. The molecular weight excluding hydrogens is 272 g/mol. The first kappa shape index (κ1) is 16.3. The highest BCUT2D eigenvalue weighted by atomic mass is 15.4. The third-order valence-electron chi connectivity index (χ3n) is 3.71. The summed E-state index contributed by atoms with van der Waals surface area (Å²) in [6.07, 6.45) is 11.1. The van der Waals surface area contributed by atoms with E-state index in [4.69, 9.17) is 5.84 Å². The quantitative estimate of drug-likeness (QED) is 0.463. The Kier molecular flexibility index (Phi) is 5.39. The van der Waals surface area contributed by atoms with Gasteiger partial charge in [-0.15, -0.1) is 0 Å². The molecule has 4 nitrogen and oxygen atoms in total. The van der Waals surface area contributed by atoms with Crippen LogP contribution in [0, 0.1) is 5.92 Å². The molecule has 0 atom stereocenters. The zero-order valence-electron chi connectivity index (χ0n) is 13.8. The maximum absolute atomic E-state index is 5.73. The SMILES string of the molecule is C=C/C(=C\N(C)N)c1c[nH]c2ncc(CCCC(C)C)cc12. The van der Waals surface area contributed by atoms with Crippen molar-refractivity contribution >= 4 is 16.6 Å². The molecule has 0 aliphatic carbocycles. The molecule has 0 unspecified atom stereocenters. The van der Waals surface area contributed by atoms with Crippen molar-refractivity contribution in [3.05, 3.63) is 48.4 Å². The summed E-state index contributed by atoms with van der Waals surface area (Å²) in [7, 11) is 1.80. The van der Waals surface area contributed by atoms with Crippen LogP contribution < -0.4 is 5.84 Å². The molecule has 0 radical (unpaired) electrons. The highest BCUT2D eigenvalue weighted by molar-refractivity contribution is 5.93. The largest absolute Gasteiger partial charge is 0.346 e. The van der Waals surface area contributed by atoms with Crippen molar-refractivity contribution in [2.45, 2.75) is 33.1 Å². The number of hydrogen-bond donors (Lipinski definition) is 2. The van der Waals surface area contributed by atoms with Crippen LogP contribution in [0.3, 0.4) is 0 Å². The fourth-order valence-electron chi connectivity index (χ4n) is 2.59. The summed E-state index contributed by atoms with van der Waals surface area (Å²) in [6.45, 7) is 8.40. The Hall–Kier alpha value is -2.07. The molecular formula is C18H26N4. The Morgan fingerprint density at radius 1 is 1.50 bits per heavy atom. The van der Waals surface area contributed by atoms with Gasteiger partial charge in [0.25, 0.3) is 0 Å². The molecule has 2 aromatic rings. The maximum Gasteiger partial charge on any atom is 0.137 e. The van der Waals surface area contributed by atoms with Gasteiger partial charge in [-0.1, -0.05) is 32.9 Å². The summed E-state index contributed by atoms with van der Waals surface area (Å²) in [6, 6.07) is 2.22. The predicted molar refractivity (Wildman–Crippen MR) is 94.0 cm³/mol. The monoisotopic (exact) mass is 298 g/mol. The summed E-state index contributed by atoms with van der Waals surface area (Å²) in [5, 5.41) is 2.66. The van der Waals surface area contributed by atoms with Gasteiger partial charge >= 0.3 is 0 Å². The van der Waals surface area contributed by atoms with Crippen molar-refractivity contribution in [3.63, 3.8) is 0 Å². The van der Waals surface area contributed by atoms with Gasteiger partial charge in [-0.3, -0.25) is 0 Å². The molecule has 0 bridgehead atoms. The van der Waals surface area contributed by atoms with Crippen LogP contribution in [0.25, 0.3) is 16.6 Å². The topological polar surface area (TPSA) is 57.9 Å². The number of nitrogens with one attached hydrogen (secondary N) is 1. The lowest BCUT2D eigenvalue weighted by atomic mass is 10.0. The van der Waals surface area contributed by atoms with E-state index in [1.165, 1.54) is 23.4 Å². The van der Waals surface area contributed by atoms with Gasteiger partial charge in [0.2, 0.25) is 0 Å². The molecule has 2 rings (SSSR count). The molecule has 2 heterocycles. The molecule has 3 N–H and O–H groups in total. The molecule has 0 aromatic carbocycles. The van der Waals surface area contributed by atoms with Crippen LogP contribution >= 0.6 is 0 Å². The second kappa shape index (κ2) is 7.27. The van der Waals surface area contributed by atoms with E-state index in [9.17, 15) is 0 Å². The van der Waals surface area contributed by atoms with E-state index >= 15 is 0 Å². The van der Waals surface area contributed by atoms with Gasteiger partial charge in [0.05, 0.1) is 0 Å². The van der Waals surface area contributed by atoms with E-state index in [0.717, 1.165) is 34.5 Å². The smallest absolute Gasteiger partial charge is 0.137 e. The van der Waals surface area contributed by atoms with Crippen molar-refractivity contribution in [1.29, 1.82) is 0 Å². The second-order valence-corrected chi connectivity index (χ2v) is 6.18. The number of aryl methyl sites for hydroxylation is 1. The van der Waals surface area contributed by atoms with Gasteiger partial charge in [0.1, 0.15) is 5.65 Å². The molecule has 0 fully saturated rings. The number of hydrazine groups is 1. The number of rotatable bonds is 7. The minimum absolute atomic E-state index is 0.745. The van der Waals surface area contributed by atoms with E-state index in [1.807, 2.05) is 24.7 Å². The van der Waals surface area contributed by atoms with Gasteiger partial charge < -0.3 is 9.99 Å². The highest BCUT2D eigenvalue weighted by Crippen LogP contribution is 2.26. The number of allylic oxidation sites excluding steroid dienone is 2. The number of pyridine rings is 1. The van der Waals surface area contributed by atoms with Crippen LogP contribution in [0.15, 0.2) is 37.3 Å². The summed E-state index contributed by atoms with van der Waals surface area (Å²) in [5.74, 6) is 6.47. The Bertz CT molecular complexity index is 665. The summed E-state index contributed by atoms with van der Waals surface area (Å²) in [5.41, 5.74) is 4.24. The Labute approximate surface area is 132 Å². The molecule has 0 saturated carbocycles. The minimum Gasteiger partial charge on any atom is -0.346 e. The molecule has 0 amide bonds. The number of aromatic amines is 1. The van der Waals surface area contributed by atoms with Gasteiger partial charge in [0.15, 0.2) is 0 Å². The first-order valence-electron chi connectivity index (χ1n) is 7.79. The summed E-state index contributed by atoms with van der Waals surface area (Å²) < 4.78 is 0. The molecule has 2 aromatic heterocycles. The predicted octanol–water partition coefficient (Wildman–Crippen LogP) is 3.87. The van der Waals surface area contributed by atoms with Crippen LogP contribution in [0.1, 0.15) is 37.8 Å². The third kappa shape index (κ3) is 3.98. The molecule has 0 aliphatic heterocycles. The molecule has 0 aliphatic rings. The van der Waals surface area contributed by atoms with E-state index in [0.29, 0.717) is 0 Å². The van der Waals surface area contributed by atoms with Crippen LogP contribution in [0.4, 0.5) is 0 Å². The maximum atomic E-state index is 5.73. The number of nitrogens with zero attached hydrogens (tertiary/aromatic N) is 2. The van der Waals surface area contributed by atoms with E-state index in [-0.39, 0.29) is 0 Å². The average molecular weight is 298 g/mol. The van der Waals surface area contributed by atoms with Crippen molar-refractivity contribution in [1.82, 2.24) is 15.0 Å². The highest BCUT2D eigenvalue weighted by Gasteiger charge is 2.09. The van der Waals surface area contributed by atoms with Crippen LogP contribution in [0.5, 0.6) is 0 Å². The van der Waals surface area contributed by atoms with Crippen molar-refractivity contribution in [2.75, 3.05) is 7.05 Å². The van der Waals surface area contributed by atoms with Gasteiger partial charge in [-0.2, -0.15) is 0 Å². The van der Waals surface area contributed by atoms with Gasteiger partial charge in [-0.05, 0) is 30.4 Å². The lowest BCUT2D eigenvalue weighted by Crippen LogP contribution is -2.18. The normalized spacial score (nSPS) is 12.1. The Balaban J connectivity index is 2.30. The van der Waals surface area contributed by atoms with Crippen LogP contribution in [0.2, 0.25) is 0 Å². The van der Waals surface area contributed by atoms with Crippen LogP contribution in [-0.2, 0) is 6.42 Å². The summed E-state index contributed by atoms with van der Waals surface area (Å²) >= 11 is 0. The minimum atomic E-state index is 0.745. The Morgan fingerprint density at radius 2 is 2.27 bits per heavy atom. The first-order chi connectivity index (χ1) is 10.5. The van der Waals surface area contributed by atoms with Crippen molar-refractivity contribution in [2.24, 2.45) is 11.8 Å². The fourth-order valence-corrected chi connectivity index (χ4v) is 2.59. The fraction of sp³-hybridized carbons (Fsp3) is 0.389. The molecule has 4 heteroatoms. The second-order valence-electron chi connectivity index (χ2n) is 6.18. The lowest BCUT2D eigenvalue weighted by Gasteiger charge is -2.08. The number of aromatic nitrogens is 2. The molecule has 118 valence electrons. The van der Waals surface area contributed by atoms with Crippen LogP contribution in [-0.4, -0.2) is 22.0 Å². The lowest BCUT2D eigenvalue weighted by molar-refractivity contribution is 0.487. The number of H-pyrrole nitrogens is 1. The van der Waals surface area contributed by atoms with Crippen molar-refractivity contribution < 1.29 is 0 Å². The van der Waals surface area contributed by atoms with Gasteiger partial charge in [-0.25, -0.2) is 10.8 Å². The van der Waals surface area contributed by atoms with E-state index < -0.39 is 0 Å². The first-order valence-corrected chi connectivity index (χ1v) is 7.79. The number of hydrogen-bond acceptors (Lipinski definition) is 3. The average Bonchev–Trinajstić information content (AvgIpc) is 2.87. The standard InChI is InChI=1S/C18H26N4/c1-5-15(12-22(4)19)17-11-21-18-16(17)9-14(10-20-18)8-6-7-13(2)3/h5,9-13H,1,6-8,19H2,2-4H3,(H,20,21)/b15-12+. The zero-order valence-corrected chi connectivity index (χ0v) is 13.8.